The van der Waals surface area contributed by atoms with Crippen LogP contribution in [0.3, 0.4) is 0 Å². The van der Waals surface area contributed by atoms with Crippen molar-refractivity contribution in [1.29, 1.82) is 0 Å². The van der Waals surface area contributed by atoms with E-state index in [-0.39, 0.29) is 12.5 Å². The molecule has 0 unspecified atom stereocenters. The fraction of sp³-hybridized carbons (Fsp3) is 0.368. The first-order valence-corrected chi connectivity index (χ1v) is 9.31. The van der Waals surface area contributed by atoms with Crippen LogP contribution in [0.5, 0.6) is 5.75 Å². The van der Waals surface area contributed by atoms with E-state index in [1.54, 1.807) is 35.6 Å². The number of thiophene rings is 1. The van der Waals surface area contributed by atoms with Gasteiger partial charge >= 0.3 is 0 Å². The van der Waals surface area contributed by atoms with Crippen molar-refractivity contribution in [3.05, 3.63) is 45.6 Å². The Morgan fingerprint density at radius 3 is 2.96 bits per heavy atom. The molecule has 0 saturated heterocycles. The lowest BCUT2D eigenvalue weighted by Gasteiger charge is -2.19. The van der Waals surface area contributed by atoms with E-state index in [0.717, 1.165) is 23.6 Å². The summed E-state index contributed by atoms with van der Waals surface area (Å²) in [5.74, 6) is 0.577. The number of rotatable bonds is 6. The Kier molecular flexibility index (Phi) is 5.38. The predicted octanol–water partition coefficient (Wildman–Crippen LogP) is 3.38. The van der Waals surface area contributed by atoms with Gasteiger partial charge in [-0.05, 0) is 48.9 Å². The number of ether oxygens (including phenoxy) is 1. The normalized spacial score (nSPS) is 16.1. The van der Waals surface area contributed by atoms with E-state index in [1.165, 1.54) is 23.3 Å². The standard InChI is InChI=1S/C19H22N2O3S/c1-2-12-6-7-16-13(8-12)9-17(25-16)19(23)21-14-4-3-5-15(10-14)24-11-18(20)22/h3-5,9-10,12H,2,6-8,11H2,1H3,(H2,20,22)(H,21,23)/t12-/m0/s1. The molecule has 0 radical (unpaired) electrons. The zero-order valence-corrected chi connectivity index (χ0v) is 15.0. The van der Waals surface area contributed by atoms with Crippen LogP contribution in [0.15, 0.2) is 30.3 Å². The van der Waals surface area contributed by atoms with Gasteiger partial charge in [0.15, 0.2) is 6.61 Å². The number of hydrogen-bond donors (Lipinski definition) is 2. The molecule has 1 aromatic carbocycles. The van der Waals surface area contributed by atoms with Gasteiger partial charge in [-0.2, -0.15) is 0 Å². The molecule has 0 bridgehead atoms. The molecule has 2 aromatic rings. The molecule has 132 valence electrons. The van der Waals surface area contributed by atoms with Crippen LogP contribution in [0.25, 0.3) is 0 Å². The van der Waals surface area contributed by atoms with Crippen molar-refractivity contribution in [2.45, 2.75) is 32.6 Å². The summed E-state index contributed by atoms with van der Waals surface area (Å²) in [7, 11) is 0. The minimum Gasteiger partial charge on any atom is -0.484 e. The molecule has 0 fully saturated rings. The molecule has 0 saturated carbocycles. The summed E-state index contributed by atoms with van der Waals surface area (Å²) in [4.78, 5) is 25.4. The fourth-order valence-electron chi connectivity index (χ4n) is 3.07. The van der Waals surface area contributed by atoms with Gasteiger partial charge in [-0.1, -0.05) is 19.4 Å². The number of benzene rings is 1. The summed E-state index contributed by atoms with van der Waals surface area (Å²) < 4.78 is 5.26. The maximum absolute atomic E-state index is 12.5. The van der Waals surface area contributed by atoms with Crippen LogP contribution >= 0.6 is 11.3 Å². The van der Waals surface area contributed by atoms with Crippen molar-refractivity contribution in [3.63, 3.8) is 0 Å². The molecular formula is C19H22N2O3S. The van der Waals surface area contributed by atoms with E-state index in [4.69, 9.17) is 10.5 Å². The Bertz CT molecular complexity index is 785. The largest absolute Gasteiger partial charge is 0.484 e. The van der Waals surface area contributed by atoms with Crippen molar-refractivity contribution < 1.29 is 14.3 Å². The Morgan fingerprint density at radius 2 is 2.20 bits per heavy atom. The van der Waals surface area contributed by atoms with Gasteiger partial charge in [0.25, 0.3) is 11.8 Å². The molecule has 5 nitrogen and oxygen atoms in total. The second-order valence-electron chi connectivity index (χ2n) is 6.31. The minimum absolute atomic E-state index is 0.112. The van der Waals surface area contributed by atoms with Crippen LogP contribution in [0, 0.1) is 5.92 Å². The number of primary amides is 1. The maximum Gasteiger partial charge on any atom is 0.265 e. The van der Waals surface area contributed by atoms with Crippen molar-refractivity contribution in [2.75, 3.05) is 11.9 Å². The first kappa shape index (κ1) is 17.5. The molecule has 6 heteroatoms. The smallest absolute Gasteiger partial charge is 0.265 e. The van der Waals surface area contributed by atoms with Crippen molar-refractivity contribution in [3.8, 4) is 5.75 Å². The number of aryl methyl sites for hydroxylation is 1. The van der Waals surface area contributed by atoms with E-state index < -0.39 is 5.91 Å². The molecule has 2 amide bonds. The summed E-state index contributed by atoms with van der Waals surface area (Å²) in [5.41, 5.74) is 7.03. The van der Waals surface area contributed by atoms with Crippen molar-refractivity contribution in [2.24, 2.45) is 11.7 Å². The topological polar surface area (TPSA) is 81.4 Å². The average Bonchev–Trinajstić information content (AvgIpc) is 3.03. The van der Waals surface area contributed by atoms with Gasteiger partial charge in [0.2, 0.25) is 0 Å². The van der Waals surface area contributed by atoms with Gasteiger partial charge < -0.3 is 15.8 Å². The lowest BCUT2D eigenvalue weighted by Crippen LogP contribution is -2.20. The van der Waals surface area contributed by atoms with Gasteiger partial charge in [-0.25, -0.2) is 0 Å². The van der Waals surface area contributed by atoms with Crippen molar-refractivity contribution >= 4 is 28.8 Å². The van der Waals surface area contributed by atoms with Gasteiger partial charge in [-0.3, -0.25) is 9.59 Å². The molecule has 0 aliphatic heterocycles. The van der Waals surface area contributed by atoms with E-state index in [9.17, 15) is 9.59 Å². The highest BCUT2D eigenvalue weighted by Gasteiger charge is 2.22. The highest BCUT2D eigenvalue weighted by Crippen LogP contribution is 2.34. The Hall–Kier alpha value is -2.34. The number of nitrogens with two attached hydrogens (primary N) is 1. The molecule has 1 atom stereocenters. The minimum atomic E-state index is -0.538. The van der Waals surface area contributed by atoms with E-state index >= 15 is 0 Å². The Balaban J connectivity index is 1.67. The summed E-state index contributed by atoms with van der Waals surface area (Å²) in [6.45, 7) is 2.04. The lowest BCUT2D eigenvalue weighted by molar-refractivity contribution is -0.119. The molecule has 1 aromatic heterocycles. The quantitative estimate of drug-likeness (QED) is 0.830. The van der Waals surface area contributed by atoms with Gasteiger partial charge in [0, 0.05) is 16.6 Å². The summed E-state index contributed by atoms with van der Waals surface area (Å²) in [5, 5.41) is 2.90. The number of carbonyl (C=O) groups excluding carboxylic acids is 2. The Labute approximate surface area is 151 Å². The summed E-state index contributed by atoms with van der Waals surface area (Å²) in [6.07, 6.45) is 4.55. The number of nitrogens with one attached hydrogen (secondary N) is 1. The zero-order valence-electron chi connectivity index (χ0n) is 14.2. The highest BCUT2D eigenvalue weighted by molar-refractivity contribution is 7.14. The number of carbonyl (C=O) groups is 2. The van der Waals surface area contributed by atoms with E-state index in [2.05, 4.69) is 12.2 Å². The third-order valence-electron chi connectivity index (χ3n) is 4.46. The first-order chi connectivity index (χ1) is 12.0. The molecule has 1 aliphatic rings. The van der Waals surface area contributed by atoms with Crippen LogP contribution < -0.4 is 15.8 Å². The first-order valence-electron chi connectivity index (χ1n) is 8.49. The van der Waals surface area contributed by atoms with Crippen LogP contribution in [0.4, 0.5) is 5.69 Å². The van der Waals surface area contributed by atoms with E-state index in [0.29, 0.717) is 11.4 Å². The monoisotopic (exact) mass is 358 g/mol. The van der Waals surface area contributed by atoms with Crippen LogP contribution in [-0.2, 0) is 17.6 Å². The van der Waals surface area contributed by atoms with Crippen LogP contribution in [-0.4, -0.2) is 18.4 Å². The molecule has 3 N–H and O–H groups in total. The SMILES string of the molecule is CC[C@H]1CCc2sc(C(=O)Nc3cccc(OCC(N)=O)c3)cc2C1. The molecular weight excluding hydrogens is 336 g/mol. The lowest BCUT2D eigenvalue weighted by atomic mass is 9.87. The molecule has 1 aliphatic carbocycles. The van der Waals surface area contributed by atoms with Gasteiger partial charge in [-0.15, -0.1) is 11.3 Å². The molecule has 0 spiro atoms. The van der Waals surface area contributed by atoms with Crippen LogP contribution in [0.1, 0.15) is 39.9 Å². The van der Waals surface area contributed by atoms with Gasteiger partial charge in [0.05, 0.1) is 4.88 Å². The second-order valence-corrected chi connectivity index (χ2v) is 7.45. The maximum atomic E-state index is 12.5. The molecule has 25 heavy (non-hydrogen) atoms. The van der Waals surface area contributed by atoms with E-state index in [1.807, 2.05) is 6.07 Å². The van der Waals surface area contributed by atoms with Crippen molar-refractivity contribution in [1.82, 2.24) is 0 Å². The number of hydrogen-bond acceptors (Lipinski definition) is 4. The third kappa shape index (κ3) is 4.39. The number of anilines is 1. The Morgan fingerprint density at radius 1 is 1.36 bits per heavy atom. The van der Waals surface area contributed by atoms with Crippen LogP contribution in [0.2, 0.25) is 0 Å². The second kappa shape index (κ2) is 7.70. The number of amides is 2. The van der Waals surface area contributed by atoms with Gasteiger partial charge in [0.1, 0.15) is 5.75 Å². The summed E-state index contributed by atoms with van der Waals surface area (Å²) >= 11 is 1.59. The fourth-order valence-corrected chi connectivity index (χ4v) is 4.17. The summed E-state index contributed by atoms with van der Waals surface area (Å²) in [6, 6.07) is 8.98. The third-order valence-corrected chi connectivity index (χ3v) is 5.69. The predicted molar refractivity (Wildman–Crippen MR) is 99.2 cm³/mol. The highest BCUT2D eigenvalue weighted by atomic mass is 32.1. The molecule has 1 heterocycles. The zero-order chi connectivity index (χ0) is 17.8. The molecule has 3 rings (SSSR count). The number of fused-ring (bicyclic) bond motifs is 1. The average molecular weight is 358 g/mol.